The second kappa shape index (κ2) is 5.96. The number of aryl methyl sites for hydroxylation is 1. The normalized spacial score (nSPS) is 12.4. The van der Waals surface area contributed by atoms with Crippen molar-refractivity contribution in [3.63, 3.8) is 0 Å². The lowest BCUT2D eigenvalue weighted by Gasteiger charge is -2.12. The molecule has 1 unspecified atom stereocenters. The van der Waals surface area contributed by atoms with E-state index in [9.17, 15) is 4.79 Å². The second-order valence-corrected chi connectivity index (χ2v) is 4.65. The highest BCUT2D eigenvalue weighted by atomic mass is 16.5. The zero-order valence-corrected chi connectivity index (χ0v) is 11.9. The average Bonchev–Trinajstić information content (AvgIpc) is 2.82. The predicted octanol–water partition coefficient (Wildman–Crippen LogP) is 2.25. The molecule has 1 aromatic heterocycles. The highest BCUT2D eigenvalue weighted by Crippen LogP contribution is 2.32. The average molecular weight is 277 g/mol. The number of hydrogen-bond donors (Lipinski definition) is 2. The third-order valence-corrected chi connectivity index (χ3v) is 3.40. The van der Waals surface area contributed by atoms with E-state index in [1.807, 2.05) is 26.0 Å². The summed E-state index contributed by atoms with van der Waals surface area (Å²) in [5.41, 5.74) is 1.33. The molecule has 2 aromatic rings. The highest BCUT2D eigenvalue weighted by Gasteiger charge is 2.21. The molecule has 0 aliphatic rings. The van der Waals surface area contributed by atoms with Crippen LogP contribution in [0.25, 0.3) is 11.0 Å². The molecule has 0 saturated heterocycles. The summed E-state index contributed by atoms with van der Waals surface area (Å²) in [6.45, 7) is 3.64. The maximum atomic E-state index is 12.2. The van der Waals surface area contributed by atoms with Gasteiger partial charge in [0.1, 0.15) is 0 Å². The molecule has 1 aromatic carbocycles. The smallest absolute Gasteiger partial charge is 0.287 e. The third kappa shape index (κ3) is 2.49. The van der Waals surface area contributed by atoms with Crippen LogP contribution in [0.3, 0.4) is 0 Å². The van der Waals surface area contributed by atoms with Crippen LogP contribution < -0.4 is 10.1 Å². The van der Waals surface area contributed by atoms with Gasteiger partial charge in [-0.05, 0) is 19.4 Å². The van der Waals surface area contributed by atoms with Crippen molar-refractivity contribution >= 4 is 16.9 Å². The number of carbonyl (C=O) groups is 1. The standard InChI is InChI=1S/C15H19NO4/c1-4-10(8-17)16-15(18)13-9(2)11-6-5-7-12(19-3)14(11)20-13/h5-7,10,17H,4,8H2,1-3H3,(H,16,18). The lowest BCUT2D eigenvalue weighted by atomic mass is 10.1. The van der Waals surface area contributed by atoms with E-state index in [4.69, 9.17) is 14.3 Å². The molecule has 0 aliphatic heterocycles. The lowest BCUT2D eigenvalue weighted by molar-refractivity contribution is 0.0888. The number of aliphatic hydroxyl groups excluding tert-OH is 1. The van der Waals surface area contributed by atoms with Crippen LogP contribution >= 0.6 is 0 Å². The molecule has 0 radical (unpaired) electrons. The molecule has 0 saturated carbocycles. The zero-order chi connectivity index (χ0) is 14.7. The largest absolute Gasteiger partial charge is 0.493 e. The minimum Gasteiger partial charge on any atom is -0.493 e. The van der Waals surface area contributed by atoms with E-state index < -0.39 is 0 Å². The van der Waals surface area contributed by atoms with Gasteiger partial charge in [-0.2, -0.15) is 0 Å². The summed E-state index contributed by atoms with van der Waals surface area (Å²) in [7, 11) is 1.56. The molecule has 2 N–H and O–H groups in total. The van der Waals surface area contributed by atoms with E-state index in [0.29, 0.717) is 17.8 Å². The van der Waals surface area contributed by atoms with Gasteiger partial charge in [-0.25, -0.2) is 0 Å². The first-order valence-corrected chi connectivity index (χ1v) is 6.60. The minimum absolute atomic E-state index is 0.0924. The van der Waals surface area contributed by atoms with Gasteiger partial charge in [-0.3, -0.25) is 4.79 Å². The molecule has 5 heteroatoms. The third-order valence-electron chi connectivity index (χ3n) is 3.40. The molecule has 1 amide bonds. The summed E-state index contributed by atoms with van der Waals surface area (Å²) in [6.07, 6.45) is 0.658. The quantitative estimate of drug-likeness (QED) is 0.879. The van der Waals surface area contributed by atoms with E-state index in [0.717, 1.165) is 10.9 Å². The van der Waals surface area contributed by atoms with E-state index in [2.05, 4.69) is 5.32 Å². The van der Waals surface area contributed by atoms with Crippen molar-refractivity contribution in [1.29, 1.82) is 0 Å². The van der Waals surface area contributed by atoms with E-state index in [-0.39, 0.29) is 24.3 Å². The van der Waals surface area contributed by atoms with Crippen molar-refractivity contribution in [3.8, 4) is 5.75 Å². The summed E-state index contributed by atoms with van der Waals surface area (Å²) in [6, 6.07) is 5.26. The van der Waals surface area contributed by atoms with Crippen LogP contribution in [0.5, 0.6) is 5.75 Å². The van der Waals surface area contributed by atoms with Crippen molar-refractivity contribution in [2.24, 2.45) is 0 Å². The lowest BCUT2D eigenvalue weighted by Crippen LogP contribution is -2.37. The first-order valence-electron chi connectivity index (χ1n) is 6.60. The molecule has 0 spiro atoms. The van der Waals surface area contributed by atoms with Gasteiger partial charge in [0.2, 0.25) is 0 Å². The predicted molar refractivity (Wildman–Crippen MR) is 76.1 cm³/mol. The van der Waals surface area contributed by atoms with Gasteiger partial charge in [0.05, 0.1) is 19.8 Å². The molecular weight excluding hydrogens is 258 g/mol. The summed E-state index contributed by atoms with van der Waals surface area (Å²) < 4.78 is 10.9. The van der Waals surface area contributed by atoms with Crippen LogP contribution in [-0.4, -0.2) is 30.8 Å². The fourth-order valence-electron chi connectivity index (χ4n) is 2.12. The zero-order valence-electron chi connectivity index (χ0n) is 11.9. The number of para-hydroxylation sites is 1. The fraction of sp³-hybridized carbons (Fsp3) is 0.400. The Hall–Kier alpha value is -2.01. The maximum absolute atomic E-state index is 12.2. The topological polar surface area (TPSA) is 71.7 Å². The van der Waals surface area contributed by atoms with Gasteiger partial charge >= 0.3 is 0 Å². The summed E-state index contributed by atoms with van der Waals surface area (Å²) >= 11 is 0. The van der Waals surface area contributed by atoms with Gasteiger partial charge in [0.25, 0.3) is 5.91 Å². The number of aliphatic hydroxyl groups is 1. The summed E-state index contributed by atoms with van der Waals surface area (Å²) in [5, 5.41) is 12.7. The number of fused-ring (bicyclic) bond motifs is 1. The van der Waals surface area contributed by atoms with Crippen molar-refractivity contribution in [3.05, 3.63) is 29.5 Å². The summed E-state index contributed by atoms with van der Waals surface area (Å²) in [4.78, 5) is 12.2. The van der Waals surface area contributed by atoms with Gasteiger partial charge in [0.15, 0.2) is 17.1 Å². The first-order chi connectivity index (χ1) is 9.62. The molecule has 20 heavy (non-hydrogen) atoms. The minimum atomic E-state index is -0.318. The maximum Gasteiger partial charge on any atom is 0.287 e. The molecule has 5 nitrogen and oxygen atoms in total. The number of ether oxygens (including phenoxy) is 1. The number of amides is 1. The Morgan fingerprint density at radius 1 is 1.50 bits per heavy atom. The second-order valence-electron chi connectivity index (χ2n) is 4.65. The van der Waals surface area contributed by atoms with Gasteiger partial charge in [0, 0.05) is 10.9 Å². The van der Waals surface area contributed by atoms with Crippen LogP contribution in [0.15, 0.2) is 22.6 Å². The molecule has 108 valence electrons. The van der Waals surface area contributed by atoms with Crippen LogP contribution in [0.2, 0.25) is 0 Å². The Morgan fingerprint density at radius 2 is 2.25 bits per heavy atom. The summed E-state index contributed by atoms with van der Waals surface area (Å²) in [5.74, 6) is 0.539. The van der Waals surface area contributed by atoms with Crippen molar-refractivity contribution in [2.45, 2.75) is 26.3 Å². The molecule has 0 fully saturated rings. The number of methoxy groups -OCH3 is 1. The Labute approximate surface area is 117 Å². The van der Waals surface area contributed by atoms with E-state index in [1.165, 1.54) is 0 Å². The van der Waals surface area contributed by atoms with Crippen molar-refractivity contribution in [1.82, 2.24) is 5.32 Å². The fourth-order valence-corrected chi connectivity index (χ4v) is 2.12. The Kier molecular flexibility index (Phi) is 4.29. The van der Waals surface area contributed by atoms with Crippen molar-refractivity contribution in [2.75, 3.05) is 13.7 Å². The number of nitrogens with one attached hydrogen (secondary N) is 1. The van der Waals surface area contributed by atoms with Crippen molar-refractivity contribution < 1.29 is 19.1 Å². The molecule has 2 rings (SSSR count). The molecule has 0 aliphatic carbocycles. The number of carbonyl (C=O) groups excluding carboxylic acids is 1. The first kappa shape index (κ1) is 14.4. The SMILES string of the molecule is CCC(CO)NC(=O)c1oc2c(OC)cccc2c1C. The molecule has 1 atom stereocenters. The molecule has 0 bridgehead atoms. The monoisotopic (exact) mass is 277 g/mol. The Balaban J connectivity index is 2.40. The van der Waals surface area contributed by atoms with E-state index in [1.54, 1.807) is 13.2 Å². The highest BCUT2D eigenvalue weighted by molar-refractivity contribution is 6.00. The van der Waals surface area contributed by atoms with Crippen LogP contribution in [0.1, 0.15) is 29.5 Å². The molecular formula is C15H19NO4. The molecule has 1 heterocycles. The van der Waals surface area contributed by atoms with Gasteiger partial charge in [-0.15, -0.1) is 0 Å². The number of benzene rings is 1. The van der Waals surface area contributed by atoms with E-state index >= 15 is 0 Å². The van der Waals surface area contributed by atoms with Crippen LogP contribution in [-0.2, 0) is 0 Å². The number of hydrogen-bond acceptors (Lipinski definition) is 4. The number of furan rings is 1. The van der Waals surface area contributed by atoms with Gasteiger partial charge < -0.3 is 19.6 Å². The Bertz CT molecular complexity index is 614. The van der Waals surface area contributed by atoms with Gasteiger partial charge in [-0.1, -0.05) is 19.1 Å². The van der Waals surface area contributed by atoms with Crippen LogP contribution in [0, 0.1) is 6.92 Å². The van der Waals surface area contributed by atoms with Crippen LogP contribution in [0.4, 0.5) is 0 Å². The number of rotatable bonds is 5. The Morgan fingerprint density at radius 3 is 2.85 bits per heavy atom.